The van der Waals surface area contributed by atoms with Crippen molar-refractivity contribution in [1.29, 1.82) is 0 Å². The standard InChI is InChI=1S/C10H13N3O2S/c1-6-9(12-10(16)11-6)7-2-4-8(5-3-7)13(14)15/h2-6,9-12,16H,1H3/t6-,9?,10?/m1/s1. The summed E-state index contributed by atoms with van der Waals surface area (Å²) in [6.45, 7) is 2.05. The van der Waals surface area contributed by atoms with Crippen molar-refractivity contribution in [3.05, 3.63) is 39.9 Å². The van der Waals surface area contributed by atoms with Gasteiger partial charge in [-0.05, 0) is 12.5 Å². The topological polar surface area (TPSA) is 67.2 Å². The zero-order chi connectivity index (χ0) is 11.7. The van der Waals surface area contributed by atoms with E-state index in [2.05, 4.69) is 30.2 Å². The van der Waals surface area contributed by atoms with Crippen LogP contribution in [0.15, 0.2) is 24.3 Å². The van der Waals surface area contributed by atoms with E-state index in [1.807, 2.05) is 0 Å². The van der Waals surface area contributed by atoms with Crippen molar-refractivity contribution in [2.24, 2.45) is 0 Å². The second-order valence-electron chi connectivity index (χ2n) is 3.85. The van der Waals surface area contributed by atoms with Crippen LogP contribution in [0.2, 0.25) is 0 Å². The lowest BCUT2D eigenvalue weighted by Crippen LogP contribution is -2.26. The molecule has 0 amide bonds. The highest BCUT2D eigenvalue weighted by Gasteiger charge is 2.28. The Morgan fingerprint density at radius 2 is 1.94 bits per heavy atom. The fourth-order valence-corrected chi connectivity index (χ4v) is 2.29. The normalized spacial score (nSPS) is 29.2. The molecule has 1 saturated heterocycles. The Bertz CT molecular complexity index is 396. The molecule has 2 unspecified atom stereocenters. The van der Waals surface area contributed by atoms with E-state index in [4.69, 9.17) is 0 Å². The van der Waals surface area contributed by atoms with Crippen molar-refractivity contribution in [2.45, 2.75) is 24.5 Å². The summed E-state index contributed by atoms with van der Waals surface area (Å²) in [5.74, 6) is 0. The SMILES string of the molecule is C[C@H]1NC(S)NC1c1ccc([N+](=O)[O-])cc1. The first-order chi connectivity index (χ1) is 7.58. The molecule has 0 radical (unpaired) electrons. The summed E-state index contributed by atoms with van der Waals surface area (Å²) >= 11 is 4.28. The molecule has 16 heavy (non-hydrogen) atoms. The van der Waals surface area contributed by atoms with Crippen molar-refractivity contribution >= 4 is 18.3 Å². The summed E-state index contributed by atoms with van der Waals surface area (Å²) in [4.78, 5) is 10.1. The number of thiol groups is 1. The minimum absolute atomic E-state index is 0.0322. The highest BCUT2D eigenvalue weighted by molar-refractivity contribution is 7.80. The summed E-state index contributed by atoms with van der Waals surface area (Å²) in [5.41, 5.74) is 1.11. The van der Waals surface area contributed by atoms with Gasteiger partial charge < -0.3 is 0 Å². The van der Waals surface area contributed by atoms with Crippen LogP contribution in [-0.4, -0.2) is 16.5 Å². The van der Waals surface area contributed by atoms with E-state index in [-0.39, 0.29) is 23.3 Å². The zero-order valence-electron chi connectivity index (χ0n) is 8.75. The maximum Gasteiger partial charge on any atom is 0.269 e. The molecule has 1 aliphatic rings. The lowest BCUT2D eigenvalue weighted by atomic mass is 10.0. The quantitative estimate of drug-likeness (QED) is 0.415. The van der Waals surface area contributed by atoms with Crippen LogP contribution in [0.3, 0.4) is 0 Å². The number of hydrogen-bond acceptors (Lipinski definition) is 5. The Morgan fingerprint density at radius 1 is 1.31 bits per heavy atom. The number of nitrogens with one attached hydrogen (secondary N) is 2. The number of hydrogen-bond donors (Lipinski definition) is 3. The average Bonchev–Trinajstić information content (AvgIpc) is 2.58. The Labute approximate surface area is 98.8 Å². The second-order valence-corrected chi connectivity index (χ2v) is 4.37. The molecule has 1 aliphatic heterocycles. The minimum atomic E-state index is -0.394. The van der Waals surface area contributed by atoms with Gasteiger partial charge in [-0.2, -0.15) is 0 Å². The van der Waals surface area contributed by atoms with E-state index in [0.717, 1.165) is 5.56 Å². The number of rotatable bonds is 2. The van der Waals surface area contributed by atoms with Gasteiger partial charge in [-0.1, -0.05) is 12.1 Å². The highest BCUT2D eigenvalue weighted by atomic mass is 32.1. The lowest BCUT2D eigenvalue weighted by molar-refractivity contribution is -0.384. The predicted molar refractivity (Wildman–Crippen MR) is 64.3 cm³/mol. The first-order valence-corrected chi connectivity index (χ1v) is 5.54. The first-order valence-electron chi connectivity index (χ1n) is 5.02. The zero-order valence-corrected chi connectivity index (χ0v) is 9.65. The molecule has 3 atom stereocenters. The number of nitro benzene ring substituents is 1. The van der Waals surface area contributed by atoms with E-state index in [1.165, 1.54) is 12.1 Å². The third kappa shape index (κ3) is 2.18. The molecular weight excluding hydrogens is 226 g/mol. The van der Waals surface area contributed by atoms with Gasteiger partial charge in [-0.3, -0.25) is 20.7 Å². The number of non-ortho nitro benzene ring substituents is 1. The monoisotopic (exact) mass is 239 g/mol. The smallest absolute Gasteiger partial charge is 0.269 e. The van der Waals surface area contributed by atoms with Gasteiger partial charge >= 0.3 is 0 Å². The van der Waals surface area contributed by atoms with E-state index < -0.39 is 4.92 Å². The van der Waals surface area contributed by atoms with Gasteiger partial charge in [0.15, 0.2) is 0 Å². The highest BCUT2D eigenvalue weighted by Crippen LogP contribution is 2.24. The van der Waals surface area contributed by atoms with Gasteiger partial charge in [-0.15, -0.1) is 12.6 Å². The summed E-state index contributed by atoms with van der Waals surface area (Å²) < 4.78 is 0. The van der Waals surface area contributed by atoms with Crippen molar-refractivity contribution in [3.63, 3.8) is 0 Å². The van der Waals surface area contributed by atoms with E-state index in [9.17, 15) is 10.1 Å². The molecule has 2 N–H and O–H groups in total. The van der Waals surface area contributed by atoms with Crippen molar-refractivity contribution in [3.8, 4) is 0 Å². The fraction of sp³-hybridized carbons (Fsp3) is 0.400. The van der Waals surface area contributed by atoms with Crippen LogP contribution in [0.5, 0.6) is 0 Å². The molecule has 1 fully saturated rings. The molecule has 1 aromatic carbocycles. The summed E-state index contributed by atoms with van der Waals surface area (Å²) in [5, 5.41) is 17.0. The second kappa shape index (κ2) is 4.40. The van der Waals surface area contributed by atoms with Crippen molar-refractivity contribution in [2.75, 3.05) is 0 Å². The Balaban J connectivity index is 2.19. The van der Waals surface area contributed by atoms with E-state index >= 15 is 0 Å². The molecule has 1 heterocycles. The molecular formula is C10H13N3O2S. The first kappa shape index (κ1) is 11.4. The number of nitro groups is 1. The van der Waals surface area contributed by atoms with Crippen LogP contribution >= 0.6 is 12.6 Å². The summed E-state index contributed by atoms with van der Waals surface area (Å²) in [6, 6.07) is 7.00. The van der Waals surface area contributed by atoms with Crippen LogP contribution < -0.4 is 10.6 Å². The third-order valence-electron chi connectivity index (χ3n) is 2.72. The molecule has 0 bridgehead atoms. The van der Waals surface area contributed by atoms with Gasteiger partial charge in [0.1, 0.15) is 5.50 Å². The van der Waals surface area contributed by atoms with Crippen LogP contribution in [0.25, 0.3) is 0 Å². The summed E-state index contributed by atoms with van der Waals surface area (Å²) in [7, 11) is 0. The Kier molecular flexibility index (Phi) is 3.13. The number of nitrogens with zero attached hydrogens (tertiary/aromatic N) is 1. The van der Waals surface area contributed by atoms with E-state index in [1.54, 1.807) is 12.1 Å². The molecule has 5 nitrogen and oxygen atoms in total. The van der Waals surface area contributed by atoms with Crippen LogP contribution in [0.4, 0.5) is 5.69 Å². The fourth-order valence-electron chi connectivity index (χ4n) is 1.90. The van der Waals surface area contributed by atoms with Crippen molar-refractivity contribution in [1.82, 2.24) is 10.6 Å². The van der Waals surface area contributed by atoms with Crippen molar-refractivity contribution < 1.29 is 4.92 Å². The Morgan fingerprint density at radius 3 is 2.38 bits per heavy atom. The average molecular weight is 239 g/mol. The molecule has 6 heteroatoms. The Hall–Kier alpha value is -1.11. The summed E-state index contributed by atoms with van der Waals surface area (Å²) in [6.07, 6.45) is 0. The maximum absolute atomic E-state index is 10.5. The van der Waals surface area contributed by atoms with Gasteiger partial charge in [-0.25, -0.2) is 0 Å². The molecule has 86 valence electrons. The van der Waals surface area contributed by atoms with Crippen LogP contribution in [0, 0.1) is 10.1 Å². The van der Waals surface area contributed by atoms with Crippen LogP contribution in [-0.2, 0) is 0 Å². The largest absolute Gasteiger partial charge is 0.289 e. The lowest BCUT2D eigenvalue weighted by Gasteiger charge is -2.14. The molecule has 1 aromatic rings. The van der Waals surface area contributed by atoms with Gasteiger partial charge in [0.25, 0.3) is 5.69 Å². The molecule has 0 spiro atoms. The molecule has 0 aromatic heterocycles. The molecule has 0 saturated carbocycles. The number of benzene rings is 1. The minimum Gasteiger partial charge on any atom is -0.289 e. The molecule has 0 aliphatic carbocycles. The van der Waals surface area contributed by atoms with E-state index in [0.29, 0.717) is 0 Å². The van der Waals surface area contributed by atoms with Gasteiger partial charge in [0.2, 0.25) is 0 Å². The maximum atomic E-state index is 10.5. The molecule has 2 rings (SSSR count). The van der Waals surface area contributed by atoms with Gasteiger partial charge in [0.05, 0.1) is 4.92 Å². The van der Waals surface area contributed by atoms with Crippen LogP contribution in [0.1, 0.15) is 18.5 Å². The predicted octanol–water partition coefficient (Wildman–Crippen LogP) is 1.43. The third-order valence-corrected chi connectivity index (χ3v) is 3.02. The van der Waals surface area contributed by atoms with Gasteiger partial charge in [0, 0.05) is 24.2 Å².